The molecule has 0 amide bonds. The van der Waals surface area contributed by atoms with Crippen LogP contribution < -0.4 is 5.32 Å². The standard InChI is InChI=1S/C9H8F2N6O2/c1-4(9-13-15-16-14-9)12-8-6(17(18)19)3-2-5(10)7(8)11/h2-4,12H,1H3,(H,13,14,15,16). The van der Waals surface area contributed by atoms with Crippen LogP contribution in [-0.2, 0) is 0 Å². The molecule has 19 heavy (non-hydrogen) atoms. The molecule has 2 rings (SSSR count). The van der Waals surface area contributed by atoms with Gasteiger partial charge in [-0.15, -0.1) is 10.2 Å². The predicted molar refractivity (Wildman–Crippen MR) is 59.2 cm³/mol. The maximum Gasteiger partial charge on any atom is 0.295 e. The number of aromatic amines is 1. The summed E-state index contributed by atoms with van der Waals surface area (Å²) in [6.07, 6.45) is 0. The lowest BCUT2D eigenvalue weighted by Crippen LogP contribution is -2.12. The minimum Gasteiger partial charge on any atom is -0.367 e. The number of aromatic nitrogens is 4. The van der Waals surface area contributed by atoms with Crippen LogP contribution in [0, 0.1) is 21.7 Å². The van der Waals surface area contributed by atoms with E-state index in [2.05, 4.69) is 25.9 Å². The average Bonchev–Trinajstić information content (AvgIpc) is 2.88. The molecule has 2 N–H and O–H groups in total. The van der Waals surface area contributed by atoms with Crippen molar-refractivity contribution in [1.29, 1.82) is 0 Å². The van der Waals surface area contributed by atoms with Gasteiger partial charge in [-0.1, -0.05) is 5.21 Å². The smallest absolute Gasteiger partial charge is 0.295 e. The van der Waals surface area contributed by atoms with Gasteiger partial charge in [-0.2, -0.15) is 5.21 Å². The van der Waals surface area contributed by atoms with E-state index in [1.165, 1.54) is 6.92 Å². The number of halogens is 2. The number of nitro benzene ring substituents is 1. The highest BCUT2D eigenvalue weighted by Crippen LogP contribution is 2.31. The summed E-state index contributed by atoms with van der Waals surface area (Å²) in [5.74, 6) is -2.35. The normalized spacial score (nSPS) is 12.2. The summed E-state index contributed by atoms with van der Waals surface area (Å²) >= 11 is 0. The molecule has 8 nitrogen and oxygen atoms in total. The number of hydrogen-bond acceptors (Lipinski definition) is 6. The molecule has 0 spiro atoms. The highest BCUT2D eigenvalue weighted by atomic mass is 19.2. The molecule has 0 fully saturated rings. The largest absolute Gasteiger partial charge is 0.367 e. The maximum atomic E-state index is 13.6. The fourth-order valence-electron chi connectivity index (χ4n) is 1.46. The van der Waals surface area contributed by atoms with Gasteiger partial charge in [0, 0.05) is 6.07 Å². The maximum absolute atomic E-state index is 13.6. The fraction of sp³-hybridized carbons (Fsp3) is 0.222. The SMILES string of the molecule is CC(Nc1c([N+](=O)[O-])ccc(F)c1F)c1nn[nH]n1. The van der Waals surface area contributed by atoms with Gasteiger partial charge in [-0.3, -0.25) is 10.1 Å². The second kappa shape index (κ2) is 4.92. The summed E-state index contributed by atoms with van der Waals surface area (Å²) in [6.45, 7) is 1.53. The van der Waals surface area contributed by atoms with Crippen LogP contribution in [0.25, 0.3) is 0 Å². The van der Waals surface area contributed by atoms with E-state index in [-0.39, 0.29) is 5.82 Å². The van der Waals surface area contributed by atoms with Crippen LogP contribution >= 0.6 is 0 Å². The highest BCUT2D eigenvalue weighted by molar-refractivity contribution is 5.63. The molecular weight excluding hydrogens is 262 g/mol. The lowest BCUT2D eigenvalue weighted by Gasteiger charge is -2.12. The van der Waals surface area contributed by atoms with Crippen LogP contribution in [0.4, 0.5) is 20.2 Å². The number of rotatable bonds is 4. The lowest BCUT2D eigenvalue weighted by atomic mass is 10.2. The topological polar surface area (TPSA) is 110 Å². The first-order valence-electron chi connectivity index (χ1n) is 5.13. The van der Waals surface area contributed by atoms with E-state index in [0.717, 1.165) is 6.07 Å². The Balaban J connectivity index is 2.38. The first kappa shape index (κ1) is 12.8. The number of nitro groups is 1. The Kier molecular flexibility index (Phi) is 3.31. The Bertz CT molecular complexity index is 603. The monoisotopic (exact) mass is 270 g/mol. The van der Waals surface area contributed by atoms with Crippen molar-refractivity contribution in [2.24, 2.45) is 0 Å². The molecule has 0 aliphatic rings. The molecule has 1 unspecified atom stereocenters. The Morgan fingerprint density at radius 3 is 2.79 bits per heavy atom. The summed E-state index contributed by atoms with van der Waals surface area (Å²) in [6, 6.07) is 0.884. The number of anilines is 1. The molecule has 1 aromatic heterocycles. The van der Waals surface area contributed by atoms with Gasteiger partial charge in [-0.05, 0) is 13.0 Å². The summed E-state index contributed by atoms with van der Waals surface area (Å²) in [7, 11) is 0. The molecule has 1 atom stereocenters. The fourth-order valence-corrected chi connectivity index (χ4v) is 1.46. The third-order valence-corrected chi connectivity index (χ3v) is 2.38. The van der Waals surface area contributed by atoms with Crippen molar-refractivity contribution in [3.8, 4) is 0 Å². The van der Waals surface area contributed by atoms with E-state index >= 15 is 0 Å². The highest BCUT2D eigenvalue weighted by Gasteiger charge is 2.24. The van der Waals surface area contributed by atoms with Crippen LogP contribution in [0.3, 0.4) is 0 Å². The number of tetrazole rings is 1. The predicted octanol–water partition coefficient (Wildman–Crippen LogP) is 1.56. The second-order valence-electron chi connectivity index (χ2n) is 3.65. The summed E-state index contributed by atoms with van der Waals surface area (Å²) < 4.78 is 26.7. The third kappa shape index (κ3) is 2.46. The van der Waals surface area contributed by atoms with Crippen molar-refractivity contribution in [2.45, 2.75) is 13.0 Å². The van der Waals surface area contributed by atoms with Crippen molar-refractivity contribution >= 4 is 11.4 Å². The summed E-state index contributed by atoms with van der Waals surface area (Å²) in [4.78, 5) is 9.97. The Morgan fingerprint density at radius 2 is 2.21 bits per heavy atom. The lowest BCUT2D eigenvalue weighted by molar-refractivity contribution is -0.384. The van der Waals surface area contributed by atoms with Gasteiger partial charge in [0.05, 0.1) is 11.0 Å². The van der Waals surface area contributed by atoms with E-state index in [1.807, 2.05) is 0 Å². The van der Waals surface area contributed by atoms with Gasteiger partial charge in [0.15, 0.2) is 23.1 Å². The van der Waals surface area contributed by atoms with E-state index in [0.29, 0.717) is 6.07 Å². The first-order valence-corrected chi connectivity index (χ1v) is 5.13. The Labute approximate surface area is 105 Å². The van der Waals surface area contributed by atoms with Crippen LogP contribution in [0.5, 0.6) is 0 Å². The third-order valence-electron chi connectivity index (χ3n) is 2.38. The van der Waals surface area contributed by atoms with Gasteiger partial charge in [-0.25, -0.2) is 8.78 Å². The van der Waals surface area contributed by atoms with Crippen molar-refractivity contribution < 1.29 is 13.7 Å². The number of benzene rings is 1. The van der Waals surface area contributed by atoms with Crippen LogP contribution in [0.2, 0.25) is 0 Å². The van der Waals surface area contributed by atoms with Crippen molar-refractivity contribution in [3.63, 3.8) is 0 Å². The van der Waals surface area contributed by atoms with E-state index < -0.39 is 34.0 Å². The average molecular weight is 270 g/mol. The molecule has 0 radical (unpaired) electrons. The molecular formula is C9H8F2N6O2. The molecule has 2 aromatic rings. The molecule has 100 valence electrons. The van der Waals surface area contributed by atoms with E-state index in [1.54, 1.807) is 0 Å². The molecule has 0 aliphatic carbocycles. The summed E-state index contributed by atoms with van der Waals surface area (Å²) in [5, 5.41) is 26.0. The molecule has 1 aromatic carbocycles. The summed E-state index contributed by atoms with van der Waals surface area (Å²) in [5.41, 5.74) is -1.13. The van der Waals surface area contributed by atoms with Gasteiger partial charge in [0.25, 0.3) is 5.69 Å². The van der Waals surface area contributed by atoms with Crippen LogP contribution in [0.1, 0.15) is 18.8 Å². The zero-order valence-electron chi connectivity index (χ0n) is 9.59. The number of nitrogens with zero attached hydrogens (tertiary/aromatic N) is 4. The molecule has 0 saturated heterocycles. The zero-order valence-corrected chi connectivity index (χ0v) is 9.59. The molecule has 0 aliphatic heterocycles. The van der Waals surface area contributed by atoms with Gasteiger partial charge >= 0.3 is 0 Å². The van der Waals surface area contributed by atoms with Crippen molar-refractivity contribution in [2.75, 3.05) is 5.32 Å². The second-order valence-corrected chi connectivity index (χ2v) is 3.65. The van der Waals surface area contributed by atoms with Crippen LogP contribution in [0.15, 0.2) is 12.1 Å². The molecule has 0 bridgehead atoms. The number of nitrogens with one attached hydrogen (secondary N) is 2. The quantitative estimate of drug-likeness (QED) is 0.644. The Morgan fingerprint density at radius 1 is 1.47 bits per heavy atom. The number of hydrogen-bond donors (Lipinski definition) is 2. The first-order chi connectivity index (χ1) is 9.00. The molecule has 0 saturated carbocycles. The van der Waals surface area contributed by atoms with Crippen molar-refractivity contribution in [1.82, 2.24) is 20.6 Å². The van der Waals surface area contributed by atoms with E-state index in [9.17, 15) is 18.9 Å². The van der Waals surface area contributed by atoms with Crippen molar-refractivity contribution in [3.05, 3.63) is 39.7 Å². The molecule has 10 heteroatoms. The minimum atomic E-state index is -1.33. The van der Waals surface area contributed by atoms with Crippen LogP contribution in [-0.4, -0.2) is 25.5 Å². The minimum absolute atomic E-state index is 0.165. The van der Waals surface area contributed by atoms with Gasteiger partial charge < -0.3 is 5.32 Å². The Hall–Kier alpha value is -2.65. The zero-order chi connectivity index (χ0) is 14.0. The van der Waals surface area contributed by atoms with E-state index in [4.69, 9.17) is 0 Å². The molecule has 1 heterocycles. The number of H-pyrrole nitrogens is 1. The van der Waals surface area contributed by atoms with Gasteiger partial charge in [0.2, 0.25) is 0 Å². The van der Waals surface area contributed by atoms with Gasteiger partial charge in [0.1, 0.15) is 0 Å².